The lowest BCUT2D eigenvalue weighted by atomic mass is 10.0. The van der Waals surface area contributed by atoms with E-state index < -0.39 is 6.61 Å². The largest absolute Gasteiger partial charge is 0.434 e. The highest BCUT2D eigenvalue weighted by Crippen LogP contribution is 2.28. The number of ether oxygens (including phenoxy) is 1. The summed E-state index contributed by atoms with van der Waals surface area (Å²) < 4.78 is 29.2. The van der Waals surface area contributed by atoms with Gasteiger partial charge >= 0.3 is 6.61 Å². The fraction of sp³-hybridized carbons (Fsp3) is 0.500. The van der Waals surface area contributed by atoms with Crippen molar-refractivity contribution in [1.29, 1.82) is 0 Å². The van der Waals surface area contributed by atoms with Crippen LogP contribution in [-0.2, 0) is 4.79 Å². The summed E-state index contributed by atoms with van der Waals surface area (Å²) in [5.41, 5.74) is 5.90. The van der Waals surface area contributed by atoms with Gasteiger partial charge < -0.3 is 15.8 Å². The number of alkyl halides is 2. The number of amides is 1. The van der Waals surface area contributed by atoms with E-state index in [0.717, 1.165) is 0 Å². The predicted octanol–water partition coefficient (Wildman–Crippen LogP) is 3.02. The minimum atomic E-state index is -2.89. The summed E-state index contributed by atoms with van der Waals surface area (Å²) >= 11 is 0. The van der Waals surface area contributed by atoms with Crippen molar-refractivity contribution < 1.29 is 18.3 Å². The Kier molecular flexibility index (Phi) is 9.65. The lowest BCUT2D eigenvalue weighted by Gasteiger charge is -2.20. The summed E-state index contributed by atoms with van der Waals surface area (Å²) in [4.78, 5) is 11.7. The summed E-state index contributed by atoms with van der Waals surface area (Å²) in [6.45, 7) is -0.580. The zero-order valence-corrected chi connectivity index (χ0v) is 12.7. The Hall–Kier alpha value is -1.40. The maximum absolute atomic E-state index is 12.4. The first-order chi connectivity index (χ1) is 9.58. The minimum absolute atomic E-state index is 0. The molecule has 0 aliphatic rings. The number of nitrogens with two attached hydrogens (primary N) is 1. The maximum Gasteiger partial charge on any atom is 0.387 e. The first kappa shape index (κ1) is 19.6. The third-order valence-corrected chi connectivity index (χ3v) is 2.86. The van der Waals surface area contributed by atoms with Crippen molar-refractivity contribution >= 4 is 18.3 Å². The molecule has 0 bridgehead atoms. The molecule has 0 heterocycles. The highest BCUT2D eigenvalue weighted by Gasteiger charge is 2.18. The smallest absolute Gasteiger partial charge is 0.387 e. The van der Waals surface area contributed by atoms with Crippen LogP contribution in [0.3, 0.4) is 0 Å². The Morgan fingerprint density at radius 3 is 2.62 bits per heavy atom. The molecule has 4 nitrogen and oxygen atoms in total. The van der Waals surface area contributed by atoms with Crippen molar-refractivity contribution in [3.8, 4) is 5.75 Å². The molecule has 0 aliphatic heterocycles. The lowest BCUT2D eigenvalue weighted by molar-refractivity contribution is -0.121. The molecular weight excluding hydrogens is 302 g/mol. The van der Waals surface area contributed by atoms with E-state index in [4.69, 9.17) is 5.73 Å². The zero-order valence-electron chi connectivity index (χ0n) is 11.9. The van der Waals surface area contributed by atoms with Crippen molar-refractivity contribution in [1.82, 2.24) is 5.32 Å². The maximum atomic E-state index is 12.4. The Morgan fingerprint density at radius 1 is 1.38 bits per heavy atom. The molecule has 1 amide bonds. The first-order valence-electron chi connectivity index (χ1n) is 6.61. The van der Waals surface area contributed by atoms with E-state index in [9.17, 15) is 13.6 Å². The number of rotatable bonds is 8. The summed E-state index contributed by atoms with van der Waals surface area (Å²) in [6, 6.07) is 6.13. The summed E-state index contributed by atoms with van der Waals surface area (Å²) in [5, 5.41) is 2.81. The van der Waals surface area contributed by atoms with E-state index in [0.29, 0.717) is 31.4 Å². The highest BCUT2D eigenvalue weighted by molar-refractivity contribution is 5.85. The van der Waals surface area contributed by atoms with E-state index in [1.807, 2.05) is 6.92 Å². The molecule has 120 valence electrons. The Balaban J connectivity index is 0.00000400. The van der Waals surface area contributed by atoms with E-state index in [1.165, 1.54) is 6.07 Å². The molecule has 3 N–H and O–H groups in total. The molecule has 1 aromatic carbocycles. The number of carbonyl (C=O) groups excluding carboxylic acids is 1. The van der Waals surface area contributed by atoms with Gasteiger partial charge in [0.25, 0.3) is 0 Å². The molecule has 0 saturated carbocycles. The highest BCUT2D eigenvalue weighted by atomic mass is 35.5. The van der Waals surface area contributed by atoms with Gasteiger partial charge in [0.1, 0.15) is 5.75 Å². The van der Waals surface area contributed by atoms with E-state index in [2.05, 4.69) is 10.1 Å². The lowest BCUT2D eigenvalue weighted by Crippen LogP contribution is -2.28. The summed E-state index contributed by atoms with van der Waals surface area (Å²) in [5.74, 6) is -0.0531. The van der Waals surface area contributed by atoms with Gasteiger partial charge in [-0.1, -0.05) is 25.1 Å². The van der Waals surface area contributed by atoms with Crippen molar-refractivity contribution in [2.75, 3.05) is 6.54 Å². The Morgan fingerprint density at radius 2 is 2.05 bits per heavy atom. The second-order valence-electron chi connectivity index (χ2n) is 4.34. The van der Waals surface area contributed by atoms with Crippen LogP contribution < -0.4 is 15.8 Å². The van der Waals surface area contributed by atoms with Gasteiger partial charge in [-0.2, -0.15) is 8.78 Å². The average Bonchev–Trinajstić information content (AvgIpc) is 2.42. The third-order valence-electron chi connectivity index (χ3n) is 2.86. The quantitative estimate of drug-likeness (QED) is 0.773. The van der Waals surface area contributed by atoms with Crippen LogP contribution in [0, 0.1) is 0 Å². The standard InChI is InChI=1S/C14H20F2N2O2.ClH/c1-2-11(18-13(19)8-5-9-17)10-6-3-4-7-12(10)20-14(15)16;/h3-4,6-7,11,14H,2,5,8-9,17H2,1H3,(H,18,19);1H. The number of hydrogen-bond acceptors (Lipinski definition) is 3. The molecular formula is C14H21ClF2N2O2. The van der Waals surface area contributed by atoms with Crippen molar-refractivity contribution in [2.24, 2.45) is 5.73 Å². The van der Waals surface area contributed by atoms with Crippen LogP contribution in [0.15, 0.2) is 24.3 Å². The molecule has 0 saturated heterocycles. The van der Waals surface area contributed by atoms with Crippen molar-refractivity contribution in [3.05, 3.63) is 29.8 Å². The van der Waals surface area contributed by atoms with Gasteiger partial charge in [-0.3, -0.25) is 4.79 Å². The molecule has 0 fully saturated rings. The van der Waals surface area contributed by atoms with Crippen LogP contribution in [0.1, 0.15) is 37.8 Å². The van der Waals surface area contributed by atoms with Gasteiger partial charge in [0.05, 0.1) is 6.04 Å². The van der Waals surface area contributed by atoms with Gasteiger partial charge in [-0.05, 0) is 25.5 Å². The Bertz CT molecular complexity index is 433. The third kappa shape index (κ3) is 6.73. The monoisotopic (exact) mass is 322 g/mol. The molecule has 1 atom stereocenters. The second-order valence-corrected chi connectivity index (χ2v) is 4.34. The van der Waals surface area contributed by atoms with Gasteiger partial charge in [0.2, 0.25) is 5.91 Å². The number of hydrogen-bond donors (Lipinski definition) is 2. The molecule has 0 aliphatic carbocycles. The fourth-order valence-electron chi connectivity index (χ4n) is 1.90. The molecule has 1 unspecified atom stereocenters. The van der Waals surface area contributed by atoms with E-state index >= 15 is 0 Å². The summed E-state index contributed by atoms with van der Waals surface area (Å²) in [6.07, 6.45) is 1.50. The number of nitrogens with one attached hydrogen (secondary N) is 1. The fourth-order valence-corrected chi connectivity index (χ4v) is 1.90. The van der Waals surface area contributed by atoms with Crippen LogP contribution in [0.5, 0.6) is 5.75 Å². The van der Waals surface area contributed by atoms with Crippen LogP contribution in [0.2, 0.25) is 0 Å². The predicted molar refractivity (Wildman–Crippen MR) is 79.8 cm³/mol. The number of carbonyl (C=O) groups is 1. The number of halogens is 3. The normalized spacial score (nSPS) is 11.7. The molecule has 0 aromatic heterocycles. The van der Waals surface area contributed by atoms with Gasteiger partial charge in [0, 0.05) is 12.0 Å². The molecule has 1 aromatic rings. The molecule has 21 heavy (non-hydrogen) atoms. The summed E-state index contributed by atoms with van der Waals surface area (Å²) in [7, 11) is 0. The zero-order chi connectivity index (χ0) is 15.0. The number of para-hydroxylation sites is 1. The van der Waals surface area contributed by atoms with Crippen LogP contribution in [-0.4, -0.2) is 19.1 Å². The molecule has 0 radical (unpaired) electrons. The van der Waals surface area contributed by atoms with Crippen molar-refractivity contribution in [3.63, 3.8) is 0 Å². The molecule has 1 rings (SSSR count). The van der Waals surface area contributed by atoms with Gasteiger partial charge in [-0.25, -0.2) is 0 Å². The van der Waals surface area contributed by atoms with Gasteiger partial charge in [-0.15, -0.1) is 12.4 Å². The van der Waals surface area contributed by atoms with E-state index in [-0.39, 0.29) is 30.1 Å². The Labute approximate surface area is 129 Å². The van der Waals surface area contributed by atoms with Crippen LogP contribution in [0.25, 0.3) is 0 Å². The molecule has 7 heteroatoms. The SMILES string of the molecule is CCC(NC(=O)CCCN)c1ccccc1OC(F)F.Cl. The molecule has 0 spiro atoms. The topological polar surface area (TPSA) is 64.4 Å². The van der Waals surface area contributed by atoms with Crippen molar-refractivity contribution in [2.45, 2.75) is 38.8 Å². The van der Waals surface area contributed by atoms with Gasteiger partial charge in [0.15, 0.2) is 0 Å². The minimum Gasteiger partial charge on any atom is -0.434 e. The number of benzene rings is 1. The first-order valence-corrected chi connectivity index (χ1v) is 6.61. The van der Waals surface area contributed by atoms with Crippen LogP contribution in [0.4, 0.5) is 8.78 Å². The average molecular weight is 323 g/mol. The second kappa shape index (κ2) is 10.3. The van der Waals surface area contributed by atoms with E-state index in [1.54, 1.807) is 18.2 Å². The van der Waals surface area contributed by atoms with Crippen LogP contribution >= 0.6 is 12.4 Å².